The van der Waals surface area contributed by atoms with E-state index in [1.54, 1.807) is 0 Å². The highest BCUT2D eigenvalue weighted by Gasteiger charge is 2.57. The van der Waals surface area contributed by atoms with Crippen LogP contribution in [0.3, 0.4) is 0 Å². The van der Waals surface area contributed by atoms with Crippen LogP contribution in [0.1, 0.15) is 42.7 Å². The first-order valence-electron chi connectivity index (χ1n) is 9.42. The molecule has 1 saturated carbocycles. The van der Waals surface area contributed by atoms with Crippen LogP contribution < -0.4 is 0 Å². The molecule has 3 aliphatic rings. The minimum absolute atomic E-state index is 0.370. The van der Waals surface area contributed by atoms with E-state index >= 15 is 0 Å². The smallest absolute Gasteiger partial charge is 0.0706 e. The SMILES string of the molecule is CC1(C)[C@H]2C[C@H]1[C@H](Sc1ccccc1)c1nc(-c3ccccc3)ccc12. The summed E-state index contributed by atoms with van der Waals surface area (Å²) < 4.78 is 0. The van der Waals surface area contributed by atoms with Crippen molar-refractivity contribution in [1.82, 2.24) is 4.98 Å². The van der Waals surface area contributed by atoms with Crippen LogP contribution in [0.2, 0.25) is 0 Å². The molecule has 0 amide bonds. The third-order valence-electron chi connectivity index (χ3n) is 6.39. The Bertz CT molecular complexity index is 933. The molecule has 0 spiro atoms. The summed E-state index contributed by atoms with van der Waals surface area (Å²) in [6.45, 7) is 4.89. The van der Waals surface area contributed by atoms with Crippen molar-refractivity contribution < 1.29 is 0 Å². The molecule has 130 valence electrons. The lowest BCUT2D eigenvalue weighted by molar-refractivity contribution is 0.0144. The first-order chi connectivity index (χ1) is 12.6. The second-order valence-corrected chi connectivity index (χ2v) is 9.32. The summed E-state index contributed by atoms with van der Waals surface area (Å²) >= 11 is 2.00. The molecule has 0 radical (unpaired) electrons. The van der Waals surface area contributed by atoms with Gasteiger partial charge in [0.2, 0.25) is 0 Å². The largest absolute Gasteiger partial charge is 0.251 e. The number of hydrogen-bond acceptors (Lipinski definition) is 2. The Morgan fingerprint density at radius 1 is 0.885 bits per heavy atom. The van der Waals surface area contributed by atoms with Crippen LogP contribution >= 0.6 is 11.8 Å². The quantitative estimate of drug-likeness (QED) is 0.516. The third-order valence-corrected chi connectivity index (χ3v) is 7.74. The zero-order valence-corrected chi connectivity index (χ0v) is 16.0. The molecule has 0 saturated heterocycles. The minimum Gasteiger partial charge on any atom is -0.251 e. The van der Waals surface area contributed by atoms with Gasteiger partial charge in [-0.2, -0.15) is 0 Å². The van der Waals surface area contributed by atoms with Crippen molar-refractivity contribution >= 4 is 11.8 Å². The van der Waals surface area contributed by atoms with Crippen LogP contribution in [0.5, 0.6) is 0 Å². The molecule has 3 aromatic rings. The average Bonchev–Trinajstić information content (AvgIpc) is 2.68. The predicted molar refractivity (Wildman–Crippen MR) is 109 cm³/mol. The maximum Gasteiger partial charge on any atom is 0.0706 e. The molecule has 1 nitrogen and oxygen atoms in total. The molecule has 3 aliphatic carbocycles. The Morgan fingerprint density at radius 2 is 1.58 bits per heavy atom. The summed E-state index contributed by atoms with van der Waals surface area (Å²) in [5.41, 5.74) is 5.47. The zero-order valence-electron chi connectivity index (χ0n) is 15.2. The van der Waals surface area contributed by atoms with Gasteiger partial charge in [-0.3, -0.25) is 4.98 Å². The Hall–Kier alpha value is -2.06. The second-order valence-electron chi connectivity index (χ2n) is 8.10. The highest BCUT2D eigenvalue weighted by Crippen LogP contribution is 2.69. The van der Waals surface area contributed by atoms with Gasteiger partial charge < -0.3 is 0 Å². The number of thioether (sulfide) groups is 1. The van der Waals surface area contributed by atoms with E-state index in [1.807, 2.05) is 11.8 Å². The molecule has 3 atom stereocenters. The van der Waals surface area contributed by atoms with Gasteiger partial charge in [0.1, 0.15) is 0 Å². The monoisotopic (exact) mass is 357 g/mol. The molecule has 0 N–H and O–H groups in total. The van der Waals surface area contributed by atoms with Gasteiger partial charge in [-0.25, -0.2) is 0 Å². The van der Waals surface area contributed by atoms with Crippen molar-refractivity contribution in [3.8, 4) is 11.3 Å². The van der Waals surface area contributed by atoms with E-state index in [9.17, 15) is 0 Å². The Kier molecular flexibility index (Phi) is 3.72. The number of hydrogen-bond donors (Lipinski definition) is 0. The van der Waals surface area contributed by atoms with Crippen LogP contribution in [0, 0.1) is 11.3 Å². The van der Waals surface area contributed by atoms with E-state index in [-0.39, 0.29) is 0 Å². The molecular weight excluding hydrogens is 334 g/mol. The summed E-state index contributed by atoms with van der Waals surface area (Å²) in [6, 6.07) is 25.9. The van der Waals surface area contributed by atoms with Gasteiger partial charge in [0, 0.05) is 10.5 Å². The Labute approximate surface area is 159 Å². The number of nitrogens with zero attached hydrogens (tertiary/aromatic N) is 1. The number of benzene rings is 2. The van der Waals surface area contributed by atoms with E-state index in [1.165, 1.54) is 28.1 Å². The standard InChI is InChI=1S/C24H23NS/c1-24(2)19-15-20(24)23(26-17-11-7-4-8-12-17)22-18(19)13-14-21(25-22)16-9-5-3-6-10-16/h3-14,19-20,23H,15H2,1-2H3/t19-,20-,23-/m0/s1. The number of pyridine rings is 1. The fraction of sp³-hybridized carbons (Fsp3) is 0.292. The summed E-state index contributed by atoms with van der Waals surface area (Å²) in [5, 5.41) is 0.441. The third kappa shape index (κ3) is 2.43. The zero-order chi connectivity index (χ0) is 17.7. The van der Waals surface area contributed by atoms with E-state index in [0.29, 0.717) is 22.5 Å². The van der Waals surface area contributed by atoms with Crippen molar-refractivity contribution in [1.29, 1.82) is 0 Å². The predicted octanol–water partition coefficient (Wildman–Crippen LogP) is 6.73. The van der Waals surface area contributed by atoms with Gasteiger partial charge in [-0.05, 0) is 47.4 Å². The summed E-state index contributed by atoms with van der Waals surface area (Å²) in [7, 11) is 0. The van der Waals surface area contributed by atoms with E-state index in [2.05, 4.69) is 86.6 Å². The van der Waals surface area contributed by atoms with Gasteiger partial charge in [-0.1, -0.05) is 68.4 Å². The van der Waals surface area contributed by atoms with Crippen LogP contribution in [-0.4, -0.2) is 4.98 Å². The van der Waals surface area contributed by atoms with E-state index < -0.39 is 0 Å². The lowest BCUT2D eigenvalue weighted by atomic mass is 9.48. The van der Waals surface area contributed by atoms with Gasteiger partial charge >= 0.3 is 0 Å². The molecule has 2 bridgehead atoms. The normalized spacial score (nSPS) is 25.2. The number of rotatable bonds is 3. The molecule has 6 rings (SSSR count). The van der Waals surface area contributed by atoms with E-state index in [0.717, 1.165) is 5.69 Å². The highest BCUT2D eigenvalue weighted by atomic mass is 32.2. The van der Waals surface area contributed by atoms with Gasteiger partial charge in [-0.15, -0.1) is 11.8 Å². The molecule has 0 aliphatic heterocycles. The van der Waals surface area contributed by atoms with Crippen molar-refractivity contribution in [3.63, 3.8) is 0 Å². The van der Waals surface area contributed by atoms with Crippen LogP contribution in [0.4, 0.5) is 0 Å². The van der Waals surface area contributed by atoms with Crippen molar-refractivity contribution in [2.45, 2.75) is 36.3 Å². The van der Waals surface area contributed by atoms with E-state index in [4.69, 9.17) is 4.98 Å². The Balaban J connectivity index is 1.60. The summed E-state index contributed by atoms with van der Waals surface area (Å²) in [4.78, 5) is 6.53. The van der Waals surface area contributed by atoms with Gasteiger partial charge in [0.15, 0.2) is 0 Å². The molecule has 26 heavy (non-hydrogen) atoms. The topological polar surface area (TPSA) is 12.9 Å². The van der Waals surface area contributed by atoms with Crippen LogP contribution in [0.25, 0.3) is 11.3 Å². The van der Waals surface area contributed by atoms with Crippen LogP contribution in [-0.2, 0) is 0 Å². The molecule has 0 unspecified atom stereocenters. The van der Waals surface area contributed by atoms with Gasteiger partial charge in [0.25, 0.3) is 0 Å². The maximum atomic E-state index is 5.19. The molecular formula is C24H23NS. The van der Waals surface area contributed by atoms with Crippen molar-refractivity contribution in [2.75, 3.05) is 0 Å². The molecule has 1 aromatic heterocycles. The first-order valence-corrected chi connectivity index (χ1v) is 10.3. The fourth-order valence-electron chi connectivity index (χ4n) is 4.75. The van der Waals surface area contributed by atoms with Crippen molar-refractivity contribution in [2.24, 2.45) is 11.3 Å². The Morgan fingerprint density at radius 3 is 2.27 bits per heavy atom. The maximum absolute atomic E-state index is 5.19. The lowest BCUT2D eigenvalue weighted by Crippen LogP contribution is -2.49. The minimum atomic E-state index is 0.370. The lowest BCUT2D eigenvalue weighted by Gasteiger charge is -2.59. The summed E-state index contributed by atoms with van der Waals surface area (Å²) in [5.74, 6) is 1.36. The molecule has 2 heteroatoms. The van der Waals surface area contributed by atoms with Crippen molar-refractivity contribution in [3.05, 3.63) is 84.1 Å². The van der Waals surface area contributed by atoms with Gasteiger partial charge in [0.05, 0.1) is 16.6 Å². The number of aromatic nitrogens is 1. The van der Waals surface area contributed by atoms with Crippen LogP contribution in [0.15, 0.2) is 77.7 Å². The summed E-state index contributed by atoms with van der Waals surface area (Å²) in [6.07, 6.45) is 1.30. The second kappa shape index (κ2) is 5.99. The molecule has 1 heterocycles. The highest BCUT2D eigenvalue weighted by molar-refractivity contribution is 7.99. The molecule has 2 aromatic carbocycles. The molecule has 1 fully saturated rings. The first kappa shape index (κ1) is 16.1. The average molecular weight is 358 g/mol. The fourth-order valence-corrected chi connectivity index (χ4v) is 6.29.